The predicted octanol–water partition coefficient (Wildman–Crippen LogP) is 4.10. The lowest BCUT2D eigenvalue weighted by molar-refractivity contribution is 0.0980. The van der Waals surface area contributed by atoms with Crippen LogP contribution >= 0.6 is 11.6 Å². The van der Waals surface area contributed by atoms with Gasteiger partial charge >= 0.3 is 6.03 Å². The third-order valence-corrected chi connectivity index (χ3v) is 3.67. The summed E-state index contributed by atoms with van der Waals surface area (Å²) in [5.41, 5.74) is 1.20. The molecule has 0 radical (unpaired) electrons. The Hall–Kier alpha value is -2.40. The van der Waals surface area contributed by atoms with Gasteiger partial charge in [0.15, 0.2) is 5.78 Å². The average molecular weight is 319 g/mol. The maximum Gasteiger partial charge on any atom is 0.326 e. The molecular weight excluding hydrogens is 307 g/mol. The van der Waals surface area contributed by atoms with Crippen LogP contribution in [0.3, 0.4) is 0 Å². The fourth-order valence-corrected chi connectivity index (χ4v) is 2.59. The van der Waals surface area contributed by atoms with Crippen molar-refractivity contribution in [3.8, 4) is 0 Å². The third-order valence-electron chi connectivity index (χ3n) is 3.43. The summed E-state index contributed by atoms with van der Waals surface area (Å²) in [6.45, 7) is 0.254. The van der Waals surface area contributed by atoms with Crippen LogP contribution in [0.4, 0.5) is 20.6 Å². The van der Waals surface area contributed by atoms with Gasteiger partial charge in [0.25, 0.3) is 0 Å². The average Bonchev–Trinajstić information content (AvgIpc) is 2.48. The molecule has 6 heteroatoms. The number of fused-ring (bicyclic) bond motifs is 1. The van der Waals surface area contributed by atoms with Crippen LogP contribution in [0.1, 0.15) is 16.8 Å². The van der Waals surface area contributed by atoms with E-state index in [0.717, 1.165) is 6.07 Å². The van der Waals surface area contributed by atoms with Gasteiger partial charge in [-0.3, -0.25) is 9.69 Å². The Morgan fingerprint density at radius 3 is 2.82 bits per heavy atom. The number of hydrogen-bond donors (Lipinski definition) is 1. The minimum atomic E-state index is -0.496. The zero-order chi connectivity index (χ0) is 15.7. The summed E-state index contributed by atoms with van der Waals surface area (Å²) in [5.74, 6) is -0.662. The minimum absolute atomic E-state index is 0.165. The molecule has 0 fully saturated rings. The Labute approximate surface area is 131 Å². The first-order chi connectivity index (χ1) is 10.5. The highest BCUT2D eigenvalue weighted by Crippen LogP contribution is 2.28. The summed E-state index contributed by atoms with van der Waals surface area (Å²) in [6, 6.07) is 10.2. The van der Waals surface area contributed by atoms with Crippen molar-refractivity contribution in [2.24, 2.45) is 0 Å². The van der Waals surface area contributed by atoms with Crippen molar-refractivity contribution in [2.45, 2.75) is 6.42 Å². The summed E-state index contributed by atoms with van der Waals surface area (Å²) in [4.78, 5) is 25.7. The Morgan fingerprint density at radius 2 is 2.05 bits per heavy atom. The number of nitrogens with one attached hydrogen (secondary N) is 1. The number of ketones is 1. The molecule has 0 saturated heterocycles. The van der Waals surface area contributed by atoms with Crippen molar-refractivity contribution in [1.29, 1.82) is 0 Å². The SMILES string of the molecule is O=C1CCN(C(=O)Nc2cccc(Cl)c2)c2ccc(F)cc21. The molecule has 112 valence electrons. The fraction of sp³-hybridized carbons (Fsp3) is 0.125. The zero-order valence-electron chi connectivity index (χ0n) is 11.5. The van der Waals surface area contributed by atoms with Gasteiger partial charge in [0.05, 0.1) is 5.69 Å². The zero-order valence-corrected chi connectivity index (χ0v) is 12.2. The molecule has 1 aliphatic heterocycles. The van der Waals surface area contributed by atoms with Gasteiger partial charge in [-0.25, -0.2) is 9.18 Å². The van der Waals surface area contributed by atoms with E-state index >= 15 is 0 Å². The van der Waals surface area contributed by atoms with Crippen molar-refractivity contribution in [2.75, 3.05) is 16.8 Å². The fourth-order valence-electron chi connectivity index (χ4n) is 2.40. The maximum absolute atomic E-state index is 13.3. The first-order valence-corrected chi connectivity index (χ1v) is 7.09. The molecule has 2 amide bonds. The smallest absolute Gasteiger partial charge is 0.307 e. The third kappa shape index (κ3) is 2.80. The van der Waals surface area contributed by atoms with Crippen LogP contribution in [0.25, 0.3) is 0 Å². The summed E-state index contributed by atoms with van der Waals surface area (Å²) in [7, 11) is 0. The molecule has 2 aromatic carbocycles. The van der Waals surface area contributed by atoms with Crippen LogP contribution in [0.15, 0.2) is 42.5 Å². The molecule has 0 aliphatic carbocycles. The van der Waals surface area contributed by atoms with Crippen molar-refractivity contribution >= 4 is 34.8 Å². The van der Waals surface area contributed by atoms with Gasteiger partial charge in [0, 0.05) is 29.2 Å². The van der Waals surface area contributed by atoms with E-state index in [2.05, 4.69) is 5.32 Å². The van der Waals surface area contributed by atoms with E-state index in [1.54, 1.807) is 24.3 Å². The topological polar surface area (TPSA) is 49.4 Å². The molecule has 4 nitrogen and oxygen atoms in total. The summed E-state index contributed by atoms with van der Waals surface area (Å²) in [5, 5.41) is 3.23. The van der Waals surface area contributed by atoms with Gasteiger partial charge in [-0.1, -0.05) is 17.7 Å². The Morgan fingerprint density at radius 1 is 1.23 bits per heavy atom. The van der Waals surface area contributed by atoms with Crippen LogP contribution in [-0.4, -0.2) is 18.4 Å². The van der Waals surface area contributed by atoms with Gasteiger partial charge in [-0.2, -0.15) is 0 Å². The molecule has 22 heavy (non-hydrogen) atoms. The van der Waals surface area contributed by atoms with E-state index < -0.39 is 5.82 Å². The van der Waals surface area contributed by atoms with E-state index in [0.29, 0.717) is 16.4 Å². The van der Waals surface area contributed by atoms with Gasteiger partial charge < -0.3 is 5.32 Å². The lowest BCUT2D eigenvalue weighted by Crippen LogP contribution is -2.40. The second-order valence-electron chi connectivity index (χ2n) is 4.93. The molecule has 3 rings (SSSR count). The maximum atomic E-state index is 13.3. The summed E-state index contributed by atoms with van der Waals surface area (Å²) in [6.07, 6.45) is 0.166. The number of hydrogen-bond acceptors (Lipinski definition) is 2. The van der Waals surface area contributed by atoms with E-state index in [9.17, 15) is 14.0 Å². The standard InChI is InChI=1S/C16H12ClFN2O2/c17-10-2-1-3-12(8-10)19-16(22)20-7-6-15(21)13-9-11(18)4-5-14(13)20/h1-5,8-9H,6-7H2,(H,19,22). The van der Waals surface area contributed by atoms with E-state index in [-0.39, 0.29) is 30.3 Å². The number of carbonyl (C=O) groups is 2. The molecule has 1 heterocycles. The number of carbonyl (C=O) groups excluding carboxylic acids is 2. The highest BCUT2D eigenvalue weighted by Gasteiger charge is 2.27. The van der Waals surface area contributed by atoms with Crippen LogP contribution < -0.4 is 10.2 Å². The number of amides is 2. The second kappa shape index (κ2) is 5.77. The van der Waals surface area contributed by atoms with Crippen molar-refractivity contribution < 1.29 is 14.0 Å². The van der Waals surface area contributed by atoms with Crippen LogP contribution in [0, 0.1) is 5.82 Å². The van der Waals surface area contributed by atoms with Crippen LogP contribution in [0.2, 0.25) is 5.02 Å². The normalized spacial score (nSPS) is 13.7. The van der Waals surface area contributed by atoms with Gasteiger partial charge in [-0.15, -0.1) is 0 Å². The van der Waals surface area contributed by atoms with Crippen molar-refractivity contribution in [3.63, 3.8) is 0 Å². The number of nitrogens with zero attached hydrogens (tertiary/aromatic N) is 1. The number of halogens is 2. The molecule has 0 spiro atoms. The Balaban J connectivity index is 1.88. The first kappa shape index (κ1) is 14.5. The lowest BCUT2D eigenvalue weighted by atomic mass is 10.0. The molecule has 0 saturated carbocycles. The molecule has 0 atom stereocenters. The highest BCUT2D eigenvalue weighted by atomic mass is 35.5. The number of rotatable bonds is 1. The summed E-state index contributed by atoms with van der Waals surface area (Å²) >= 11 is 5.88. The second-order valence-corrected chi connectivity index (χ2v) is 5.36. The quantitative estimate of drug-likeness (QED) is 0.860. The number of Topliss-reactive ketones (excluding diaryl/α,β-unsaturated/α-hetero) is 1. The van der Waals surface area contributed by atoms with E-state index in [1.807, 2.05) is 0 Å². The molecule has 1 aliphatic rings. The number of anilines is 2. The predicted molar refractivity (Wildman–Crippen MR) is 83.2 cm³/mol. The molecule has 0 unspecified atom stereocenters. The number of benzene rings is 2. The monoisotopic (exact) mass is 318 g/mol. The van der Waals surface area contributed by atoms with Crippen LogP contribution in [-0.2, 0) is 0 Å². The molecular formula is C16H12ClFN2O2. The largest absolute Gasteiger partial charge is 0.326 e. The molecule has 0 bridgehead atoms. The van der Waals surface area contributed by atoms with Crippen molar-refractivity contribution in [1.82, 2.24) is 0 Å². The van der Waals surface area contributed by atoms with Crippen molar-refractivity contribution in [3.05, 3.63) is 58.9 Å². The Bertz CT molecular complexity index is 764. The first-order valence-electron chi connectivity index (χ1n) is 6.71. The molecule has 1 N–H and O–H groups in total. The minimum Gasteiger partial charge on any atom is -0.307 e. The lowest BCUT2D eigenvalue weighted by Gasteiger charge is -2.28. The molecule has 2 aromatic rings. The molecule has 0 aromatic heterocycles. The van der Waals surface area contributed by atoms with E-state index in [4.69, 9.17) is 11.6 Å². The van der Waals surface area contributed by atoms with Crippen LogP contribution in [0.5, 0.6) is 0 Å². The van der Waals surface area contributed by atoms with Gasteiger partial charge in [-0.05, 0) is 36.4 Å². The van der Waals surface area contributed by atoms with E-state index in [1.165, 1.54) is 17.0 Å². The Kier molecular flexibility index (Phi) is 3.81. The number of urea groups is 1. The van der Waals surface area contributed by atoms with Gasteiger partial charge in [0.2, 0.25) is 0 Å². The van der Waals surface area contributed by atoms with Gasteiger partial charge in [0.1, 0.15) is 5.82 Å². The highest BCUT2D eigenvalue weighted by molar-refractivity contribution is 6.31. The summed E-state index contributed by atoms with van der Waals surface area (Å²) < 4.78 is 13.3.